The number of aromatic nitrogens is 2. The van der Waals surface area contributed by atoms with Gasteiger partial charge >= 0.3 is 6.61 Å². The van der Waals surface area contributed by atoms with Crippen LogP contribution in [0.15, 0.2) is 64.2 Å². The van der Waals surface area contributed by atoms with E-state index in [1.165, 1.54) is 18.2 Å². The number of nitrogens with zero attached hydrogens (tertiary/aromatic N) is 2. The Morgan fingerprint density at radius 1 is 1.14 bits per heavy atom. The summed E-state index contributed by atoms with van der Waals surface area (Å²) < 4.78 is 34.9. The fourth-order valence-electron chi connectivity index (χ4n) is 2.34. The quantitative estimate of drug-likeness (QED) is 0.561. The SMILES string of the molecule is C[C@H](Sc1nnc(Cc2ccccc2)o1)C(=O)Nc1ccccc1OC(F)F. The highest BCUT2D eigenvalue weighted by atomic mass is 32.2. The lowest BCUT2D eigenvalue weighted by atomic mass is 10.2. The monoisotopic (exact) mass is 405 g/mol. The van der Waals surface area contributed by atoms with Gasteiger partial charge in [-0.3, -0.25) is 4.79 Å². The van der Waals surface area contributed by atoms with Crippen LogP contribution < -0.4 is 10.1 Å². The Labute approximate surface area is 164 Å². The Kier molecular flexibility index (Phi) is 6.59. The summed E-state index contributed by atoms with van der Waals surface area (Å²) in [5, 5.41) is 10.2. The fourth-order valence-corrected chi connectivity index (χ4v) is 3.04. The largest absolute Gasteiger partial charge is 0.433 e. The summed E-state index contributed by atoms with van der Waals surface area (Å²) in [5.74, 6) is -0.0684. The first-order chi connectivity index (χ1) is 13.5. The van der Waals surface area contributed by atoms with Crippen molar-refractivity contribution in [3.8, 4) is 5.75 Å². The van der Waals surface area contributed by atoms with Crippen molar-refractivity contribution >= 4 is 23.4 Å². The first kappa shape index (κ1) is 19.8. The Morgan fingerprint density at radius 2 is 1.86 bits per heavy atom. The maximum Gasteiger partial charge on any atom is 0.387 e. The first-order valence-corrected chi connectivity index (χ1v) is 9.27. The number of benzene rings is 2. The van der Waals surface area contributed by atoms with Gasteiger partial charge in [-0.05, 0) is 24.6 Å². The molecule has 1 atom stereocenters. The number of thioether (sulfide) groups is 1. The molecule has 146 valence electrons. The van der Waals surface area contributed by atoms with Crippen LogP contribution in [0.2, 0.25) is 0 Å². The van der Waals surface area contributed by atoms with Gasteiger partial charge in [-0.1, -0.05) is 54.2 Å². The number of para-hydroxylation sites is 2. The molecule has 6 nitrogen and oxygen atoms in total. The maximum atomic E-state index is 12.5. The molecule has 3 aromatic rings. The van der Waals surface area contributed by atoms with E-state index in [1.54, 1.807) is 13.0 Å². The van der Waals surface area contributed by atoms with Crippen LogP contribution in [-0.4, -0.2) is 28.0 Å². The van der Waals surface area contributed by atoms with E-state index < -0.39 is 17.8 Å². The van der Waals surface area contributed by atoms with Crippen LogP contribution >= 0.6 is 11.8 Å². The third-order valence-electron chi connectivity index (χ3n) is 3.65. The molecule has 0 unspecified atom stereocenters. The highest BCUT2D eigenvalue weighted by Gasteiger charge is 2.20. The van der Waals surface area contributed by atoms with E-state index in [2.05, 4.69) is 20.3 Å². The topological polar surface area (TPSA) is 77.2 Å². The Balaban J connectivity index is 1.59. The molecule has 2 aromatic carbocycles. The maximum absolute atomic E-state index is 12.5. The second-order valence-corrected chi connectivity index (χ2v) is 7.04. The number of halogens is 2. The molecule has 0 saturated heterocycles. The van der Waals surface area contributed by atoms with E-state index >= 15 is 0 Å². The number of carbonyl (C=O) groups excluding carboxylic acids is 1. The van der Waals surface area contributed by atoms with E-state index in [4.69, 9.17) is 4.42 Å². The molecule has 1 aromatic heterocycles. The Bertz CT molecular complexity index is 922. The molecule has 1 N–H and O–H groups in total. The molecule has 0 aliphatic carbocycles. The van der Waals surface area contributed by atoms with Gasteiger partial charge in [0.1, 0.15) is 5.75 Å². The lowest BCUT2D eigenvalue weighted by Gasteiger charge is -2.13. The summed E-state index contributed by atoms with van der Waals surface area (Å²) in [7, 11) is 0. The average Bonchev–Trinajstić information content (AvgIpc) is 3.10. The minimum Gasteiger partial charge on any atom is -0.433 e. The predicted molar refractivity (Wildman–Crippen MR) is 101 cm³/mol. The molecular weight excluding hydrogens is 388 g/mol. The van der Waals surface area contributed by atoms with Gasteiger partial charge in [-0.15, -0.1) is 10.2 Å². The summed E-state index contributed by atoms with van der Waals surface area (Å²) in [4.78, 5) is 12.4. The zero-order valence-electron chi connectivity index (χ0n) is 14.8. The van der Waals surface area contributed by atoms with Crippen molar-refractivity contribution in [3.05, 3.63) is 66.1 Å². The van der Waals surface area contributed by atoms with Crippen LogP contribution in [0.4, 0.5) is 14.5 Å². The molecule has 0 radical (unpaired) electrons. The summed E-state index contributed by atoms with van der Waals surface area (Å²) in [6, 6.07) is 15.6. The van der Waals surface area contributed by atoms with E-state index in [9.17, 15) is 13.6 Å². The van der Waals surface area contributed by atoms with Crippen molar-refractivity contribution in [2.75, 3.05) is 5.32 Å². The lowest BCUT2D eigenvalue weighted by molar-refractivity contribution is -0.115. The van der Waals surface area contributed by atoms with Gasteiger partial charge in [0.05, 0.1) is 17.4 Å². The normalized spacial score (nSPS) is 12.0. The molecule has 28 heavy (non-hydrogen) atoms. The molecule has 0 spiro atoms. The average molecular weight is 405 g/mol. The van der Waals surface area contributed by atoms with Crippen LogP contribution in [0.3, 0.4) is 0 Å². The van der Waals surface area contributed by atoms with Crippen molar-refractivity contribution in [1.29, 1.82) is 0 Å². The smallest absolute Gasteiger partial charge is 0.387 e. The molecule has 1 amide bonds. The summed E-state index contributed by atoms with van der Waals surface area (Å²) >= 11 is 1.08. The predicted octanol–water partition coefficient (Wildman–Crippen LogP) is 4.38. The van der Waals surface area contributed by atoms with Gasteiger partial charge in [0.15, 0.2) is 0 Å². The third-order valence-corrected chi connectivity index (χ3v) is 4.59. The number of hydrogen-bond acceptors (Lipinski definition) is 6. The minimum absolute atomic E-state index is 0.106. The molecular formula is C19H17F2N3O3S. The molecule has 0 bridgehead atoms. The highest BCUT2D eigenvalue weighted by Crippen LogP contribution is 2.28. The van der Waals surface area contributed by atoms with Gasteiger partial charge in [-0.25, -0.2) is 0 Å². The van der Waals surface area contributed by atoms with E-state index in [-0.39, 0.29) is 16.7 Å². The van der Waals surface area contributed by atoms with Crippen LogP contribution in [0.5, 0.6) is 5.75 Å². The summed E-state index contributed by atoms with van der Waals surface area (Å²) in [6.07, 6.45) is 0.493. The van der Waals surface area contributed by atoms with Crippen molar-refractivity contribution in [2.45, 2.75) is 30.4 Å². The van der Waals surface area contributed by atoms with Gasteiger partial charge < -0.3 is 14.5 Å². The molecule has 3 rings (SSSR count). The standard InChI is InChI=1S/C19H17F2N3O3S/c1-12(17(25)22-14-9-5-6-10-15(14)26-18(20)21)28-19-24-23-16(27-19)11-13-7-3-2-4-8-13/h2-10,12,18H,11H2,1H3,(H,22,25)/t12-/m0/s1. The fraction of sp³-hybridized carbons (Fsp3) is 0.211. The van der Waals surface area contributed by atoms with Crippen LogP contribution in [0, 0.1) is 0 Å². The Morgan fingerprint density at radius 3 is 2.61 bits per heavy atom. The number of hydrogen-bond donors (Lipinski definition) is 1. The van der Waals surface area contributed by atoms with Crippen molar-refractivity contribution in [3.63, 3.8) is 0 Å². The van der Waals surface area contributed by atoms with Gasteiger partial charge in [0, 0.05) is 0 Å². The molecule has 1 heterocycles. The molecule has 0 fully saturated rings. The molecule has 9 heteroatoms. The van der Waals surface area contributed by atoms with E-state index in [0.29, 0.717) is 12.3 Å². The number of carbonyl (C=O) groups is 1. The van der Waals surface area contributed by atoms with Crippen LogP contribution in [0.1, 0.15) is 18.4 Å². The second-order valence-electron chi connectivity index (χ2n) is 5.75. The van der Waals surface area contributed by atoms with E-state index in [1.807, 2.05) is 30.3 Å². The van der Waals surface area contributed by atoms with Gasteiger partial charge in [0.25, 0.3) is 5.22 Å². The lowest BCUT2D eigenvalue weighted by Crippen LogP contribution is -2.23. The number of rotatable bonds is 8. The van der Waals surface area contributed by atoms with Crippen LogP contribution in [-0.2, 0) is 11.2 Å². The zero-order valence-corrected chi connectivity index (χ0v) is 15.7. The summed E-state index contributed by atoms with van der Waals surface area (Å²) in [6.45, 7) is -1.33. The molecule has 0 saturated carbocycles. The first-order valence-electron chi connectivity index (χ1n) is 8.39. The number of ether oxygens (including phenoxy) is 1. The second kappa shape index (κ2) is 9.32. The molecule has 0 aliphatic rings. The van der Waals surface area contributed by atoms with Crippen molar-refractivity contribution < 1.29 is 22.7 Å². The zero-order chi connectivity index (χ0) is 19.9. The van der Waals surface area contributed by atoms with Crippen molar-refractivity contribution in [2.24, 2.45) is 0 Å². The number of alkyl halides is 2. The minimum atomic E-state index is -2.98. The highest BCUT2D eigenvalue weighted by molar-refractivity contribution is 8.00. The van der Waals surface area contributed by atoms with E-state index in [0.717, 1.165) is 17.3 Å². The van der Waals surface area contributed by atoms with Gasteiger partial charge in [0.2, 0.25) is 11.8 Å². The van der Waals surface area contributed by atoms with Gasteiger partial charge in [-0.2, -0.15) is 8.78 Å². The molecule has 0 aliphatic heterocycles. The third kappa shape index (κ3) is 5.53. The number of nitrogens with one attached hydrogen (secondary N) is 1. The number of amides is 1. The summed E-state index contributed by atoms with van der Waals surface area (Å²) in [5.41, 5.74) is 1.19. The Hall–Kier alpha value is -2.94. The van der Waals surface area contributed by atoms with Crippen molar-refractivity contribution in [1.82, 2.24) is 10.2 Å². The number of anilines is 1. The van der Waals surface area contributed by atoms with Crippen LogP contribution in [0.25, 0.3) is 0 Å².